The van der Waals surface area contributed by atoms with Gasteiger partial charge in [-0.25, -0.2) is 4.98 Å². The van der Waals surface area contributed by atoms with E-state index in [2.05, 4.69) is 26.2 Å². The van der Waals surface area contributed by atoms with E-state index in [4.69, 9.17) is 5.73 Å². The van der Waals surface area contributed by atoms with E-state index in [-0.39, 0.29) is 11.4 Å². The molecule has 0 saturated heterocycles. The van der Waals surface area contributed by atoms with Crippen LogP contribution in [0.25, 0.3) is 0 Å². The van der Waals surface area contributed by atoms with Crippen LogP contribution in [-0.4, -0.2) is 16.4 Å². The maximum Gasteiger partial charge on any atom is 0.227 e. The zero-order chi connectivity index (χ0) is 13.9. The van der Waals surface area contributed by atoms with Gasteiger partial charge in [-0.2, -0.15) is 0 Å². The largest absolute Gasteiger partial charge is 0.325 e. The Kier molecular flexibility index (Phi) is 4.58. The van der Waals surface area contributed by atoms with Crippen LogP contribution in [0.4, 0.5) is 5.82 Å². The second-order valence-electron chi connectivity index (χ2n) is 5.47. The molecule has 0 spiro atoms. The first-order valence-corrected chi connectivity index (χ1v) is 7.49. The number of nitrogens with two attached hydrogens (primary N) is 1. The standard InChI is InChI=1S/C14H20BrN3O/c1-10-7-11(15)9-17-13(10)18-12(19)8-14(16)5-3-2-4-6-14/h7,9H,2-6,8,16H2,1H3,(H,17,18,19). The lowest BCUT2D eigenvalue weighted by molar-refractivity contribution is -0.117. The summed E-state index contributed by atoms with van der Waals surface area (Å²) in [4.78, 5) is 16.3. The van der Waals surface area contributed by atoms with Gasteiger partial charge in [-0.15, -0.1) is 0 Å². The number of amides is 1. The van der Waals surface area contributed by atoms with Gasteiger partial charge in [0.15, 0.2) is 0 Å². The van der Waals surface area contributed by atoms with Gasteiger partial charge in [0.2, 0.25) is 5.91 Å². The van der Waals surface area contributed by atoms with Crippen molar-refractivity contribution in [2.75, 3.05) is 5.32 Å². The number of halogens is 1. The third-order valence-corrected chi connectivity index (χ3v) is 4.10. The molecule has 0 unspecified atom stereocenters. The van der Waals surface area contributed by atoms with Gasteiger partial charge in [0.1, 0.15) is 5.82 Å². The Morgan fingerprint density at radius 2 is 2.16 bits per heavy atom. The molecule has 1 amide bonds. The van der Waals surface area contributed by atoms with Crippen molar-refractivity contribution in [3.05, 3.63) is 22.3 Å². The molecule has 5 heteroatoms. The number of aromatic nitrogens is 1. The van der Waals surface area contributed by atoms with Crippen molar-refractivity contribution in [1.82, 2.24) is 4.98 Å². The molecule has 1 saturated carbocycles. The zero-order valence-electron chi connectivity index (χ0n) is 11.2. The monoisotopic (exact) mass is 325 g/mol. The Morgan fingerprint density at radius 3 is 2.79 bits per heavy atom. The van der Waals surface area contributed by atoms with E-state index >= 15 is 0 Å². The molecule has 2 rings (SSSR count). The van der Waals surface area contributed by atoms with Gasteiger partial charge in [-0.1, -0.05) is 19.3 Å². The third-order valence-electron chi connectivity index (χ3n) is 3.66. The Morgan fingerprint density at radius 1 is 1.47 bits per heavy atom. The highest BCUT2D eigenvalue weighted by Crippen LogP contribution is 2.29. The van der Waals surface area contributed by atoms with Crippen molar-refractivity contribution >= 4 is 27.7 Å². The molecule has 104 valence electrons. The summed E-state index contributed by atoms with van der Waals surface area (Å²) in [5, 5.41) is 2.86. The molecule has 1 fully saturated rings. The van der Waals surface area contributed by atoms with Crippen molar-refractivity contribution in [1.29, 1.82) is 0 Å². The van der Waals surface area contributed by atoms with Gasteiger partial charge in [-0.3, -0.25) is 4.79 Å². The summed E-state index contributed by atoms with van der Waals surface area (Å²) < 4.78 is 0.908. The normalized spacial score (nSPS) is 18.1. The Labute approximate surface area is 122 Å². The lowest BCUT2D eigenvalue weighted by Gasteiger charge is -2.32. The van der Waals surface area contributed by atoms with Crippen LogP contribution in [0.1, 0.15) is 44.1 Å². The maximum absolute atomic E-state index is 12.1. The van der Waals surface area contributed by atoms with Crippen LogP contribution in [0.3, 0.4) is 0 Å². The van der Waals surface area contributed by atoms with Crippen LogP contribution < -0.4 is 11.1 Å². The summed E-state index contributed by atoms with van der Waals surface area (Å²) in [5.41, 5.74) is 6.90. The molecule has 0 radical (unpaired) electrons. The number of rotatable bonds is 3. The molecular weight excluding hydrogens is 306 g/mol. The van der Waals surface area contributed by atoms with E-state index in [1.807, 2.05) is 13.0 Å². The van der Waals surface area contributed by atoms with Gasteiger partial charge < -0.3 is 11.1 Å². The first kappa shape index (κ1) is 14.5. The Hall–Kier alpha value is -0.940. The van der Waals surface area contributed by atoms with Crippen molar-refractivity contribution in [2.45, 2.75) is 51.0 Å². The van der Waals surface area contributed by atoms with Crippen molar-refractivity contribution in [3.8, 4) is 0 Å². The SMILES string of the molecule is Cc1cc(Br)cnc1NC(=O)CC1(N)CCCCC1. The van der Waals surface area contributed by atoms with Gasteiger partial charge in [0, 0.05) is 22.6 Å². The predicted molar refractivity (Wildman–Crippen MR) is 79.9 cm³/mol. The molecular formula is C14H20BrN3O. The van der Waals surface area contributed by atoms with E-state index < -0.39 is 0 Å². The molecule has 0 bridgehead atoms. The quantitative estimate of drug-likeness (QED) is 0.897. The van der Waals surface area contributed by atoms with Crippen LogP contribution in [0.5, 0.6) is 0 Å². The molecule has 3 N–H and O–H groups in total. The number of anilines is 1. The molecule has 0 atom stereocenters. The number of pyridine rings is 1. The summed E-state index contributed by atoms with van der Waals surface area (Å²) in [5.74, 6) is 0.579. The van der Waals surface area contributed by atoms with Crippen LogP contribution in [-0.2, 0) is 4.79 Å². The summed E-state index contributed by atoms with van der Waals surface area (Å²) >= 11 is 3.36. The van der Waals surface area contributed by atoms with Crippen LogP contribution in [0.15, 0.2) is 16.7 Å². The fourth-order valence-corrected chi connectivity index (χ4v) is 3.05. The Bertz CT molecular complexity index is 470. The molecule has 0 aliphatic heterocycles. The van der Waals surface area contributed by atoms with Crippen molar-refractivity contribution in [3.63, 3.8) is 0 Å². The second-order valence-corrected chi connectivity index (χ2v) is 6.38. The number of nitrogens with zero attached hydrogens (tertiary/aromatic N) is 1. The fourth-order valence-electron chi connectivity index (χ4n) is 2.60. The minimum atomic E-state index is -0.328. The summed E-state index contributed by atoms with van der Waals surface area (Å²) in [6.07, 6.45) is 7.42. The molecule has 1 aliphatic rings. The molecule has 1 aromatic rings. The van der Waals surface area contributed by atoms with Gasteiger partial charge in [0.05, 0.1) is 0 Å². The topological polar surface area (TPSA) is 68.0 Å². The van der Waals surface area contributed by atoms with Crippen molar-refractivity contribution < 1.29 is 4.79 Å². The maximum atomic E-state index is 12.1. The van der Waals surface area contributed by atoms with Crippen LogP contribution in [0.2, 0.25) is 0 Å². The fraction of sp³-hybridized carbons (Fsp3) is 0.571. The second kappa shape index (κ2) is 6.01. The number of hydrogen-bond donors (Lipinski definition) is 2. The van der Waals surface area contributed by atoms with Gasteiger partial charge in [-0.05, 0) is 47.3 Å². The summed E-state index contributed by atoms with van der Waals surface area (Å²) in [6, 6.07) is 1.93. The number of carbonyl (C=O) groups excluding carboxylic acids is 1. The van der Waals surface area contributed by atoms with E-state index in [1.165, 1.54) is 6.42 Å². The van der Waals surface area contributed by atoms with E-state index in [0.717, 1.165) is 35.7 Å². The highest BCUT2D eigenvalue weighted by atomic mass is 79.9. The van der Waals surface area contributed by atoms with E-state index in [1.54, 1.807) is 6.20 Å². The first-order valence-electron chi connectivity index (χ1n) is 6.69. The van der Waals surface area contributed by atoms with Gasteiger partial charge >= 0.3 is 0 Å². The highest BCUT2D eigenvalue weighted by Gasteiger charge is 2.30. The lowest BCUT2D eigenvalue weighted by Crippen LogP contribution is -2.44. The van der Waals surface area contributed by atoms with E-state index in [0.29, 0.717) is 12.2 Å². The summed E-state index contributed by atoms with van der Waals surface area (Å²) in [6.45, 7) is 1.92. The molecule has 19 heavy (non-hydrogen) atoms. The first-order chi connectivity index (χ1) is 8.98. The minimum Gasteiger partial charge on any atom is -0.325 e. The zero-order valence-corrected chi connectivity index (χ0v) is 12.8. The molecule has 1 heterocycles. The Balaban J connectivity index is 1.97. The average molecular weight is 326 g/mol. The van der Waals surface area contributed by atoms with Crippen LogP contribution >= 0.6 is 15.9 Å². The molecule has 4 nitrogen and oxygen atoms in total. The third kappa shape index (κ3) is 4.01. The molecule has 1 aliphatic carbocycles. The summed E-state index contributed by atoms with van der Waals surface area (Å²) in [7, 11) is 0. The van der Waals surface area contributed by atoms with Gasteiger partial charge in [0.25, 0.3) is 0 Å². The minimum absolute atomic E-state index is 0.0395. The molecule has 0 aromatic carbocycles. The van der Waals surface area contributed by atoms with E-state index in [9.17, 15) is 4.79 Å². The number of hydrogen-bond acceptors (Lipinski definition) is 3. The molecule has 1 aromatic heterocycles. The van der Waals surface area contributed by atoms with Crippen LogP contribution in [0, 0.1) is 6.92 Å². The van der Waals surface area contributed by atoms with Crippen molar-refractivity contribution in [2.24, 2.45) is 5.73 Å². The number of nitrogens with one attached hydrogen (secondary N) is 1. The number of aryl methyl sites for hydroxylation is 1. The lowest BCUT2D eigenvalue weighted by atomic mass is 9.80. The smallest absolute Gasteiger partial charge is 0.227 e. The average Bonchev–Trinajstić information content (AvgIpc) is 2.33. The number of carbonyl (C=O) groups is 1. The highest BCUT2D eigenvalue weighted by molar-refractivity contribution is 9.10. The predicted octanol–water partition coefficient (Wildman–Crippen LogP) is 3.14.